The van der Waals surface area contributed by atoms with E-state index in [9.17, 15) is 4.79 Å². The third-order valence-corrected chi connectivity index (χ3v) is 11.2. The van der Waals surface area contributed by atoms with Gasteiger partial charge in [0.1, 0.15) is 13.8 Å². The lowest BCUT2D eigenvalue weighted by Gasteiger charge is -2.57. The fourth-order valence-corrected chi connectivity index (χ4v) is 9.42. The number of fused-ring (bicyclic) bond motifs is 1. The molecule has 4 aliphatic carbocycles. The van der Waals surface area contributed by atoms with E-state index in [1.807, 2.05) is 17.0 Å². The highest BCUT2D eigenvalue weighted by atomic mass is 28.3. The molecule has 1 heterocycles. The van der Waals surface area contributed by atoms with Crippen LogP contribution in [0.15, 0.2) is 36.4 Å². The van der Waals surface area contributed by atoms with Gasteiger partial charge in [-0.3, -0.25) is 4.79 Å². The summed E-state index contributed by atoms with van der Waals surface area (Å²) in [6.45, 7) is 16.9. The number of ether oxygens (including phenoxy) is 1. The van der Waals surface area contributed by atoms with Crippen molar-refractivity contribution in [2.75, 3.05) is 12.4 Å². The average Bonchev–Trinajstić information content (AvgIpc) is 2.96. The summed E-state index contributed by atoms with van der Waals surface area (Å²) >= 11 is 0. The lowest BCUT2D eigenvalue weighted by molar-refractivity contribution is -0.130. The molecule has 0 unspecified atom stereocenters. The summed E-state index contributed by atoms with van der Waals surface area (Å²) < 4.78 is 5.61. The van der Waals surface area contributed by atoms with E-state index in [1.54, 1.807) is 7.11 Å². The van der Waals surface area contributed by atoms with Gasteiger partial charge in [-0.15, -0.1) is 5.54 Å². The Morgan fingerprint density at radius 1 is 1.09 bits per heavy atom. The van der Waals surface area contributed by atoms with E-state index in [0.717, 1.165) is 66.0 Å². The van der Waals surface area contributed by atoms with E-state index >= 15 is 0 Å². The van der Waals surface area contributed by atoms with Crippen LogP contribution in [0.5, 0.6) is 5.75 Å². The minimum atomic E-state index is -1.75. The molecule has 4 saturated carbocycles. The number of rotatable bonds is 7. The Balaban J connectivity index is 1.41. The fraction of sp³-hybridized carbons (Fsp3) is 0.568. The number of hydrogen-bond donors (Lipinski definition) is 1. The molecule has 4 bridgehead atoms. The SMILES string of the molecule is [C-]#[N+]c1cc([C@@H]2c3ccc(OC)cc3C[C@H](CCCC)N2C(=O)C#C[Si](C)(C)C)ccc1NC12CC3CC(CC(C3)C1)C2. The van der Waals surface area contributed by atoms with E-state index in [2.05, 4.69) is 72.5 Å². The molecule has 1 N–H and O–H groups in total. The van der Waals surface area contributed by atoms with Gasteiger partial charge in [0, 0.05) is 17.3 Å². The quantitative estimate of drug-likeness (QED) is 0.199. The fourth-order valence-electron chi connectivity index (χ4n) is 8.94. The summed E-state index contributed by atoms with van der Waals surface area (Å²) in [5, 5.41) is 3.95. The number of nitrogens with one attached hydrogen (secondary N) is 1. The van der Waals surface area contributed by atoms with Crippen molar-refractivity contribution < 1.29 is 9.53 Å². The molecular weight excluding hydrogens is 547 g/mol. The van der Waals surface area contributed by atoms with Crippen LogP contribution in [-0.4, -0.2) is 37.6 Å². The molecule has 2 aromatic carbocycles. The highest BCUT2D eigenvalue weighted by Crippen LogP contribution is 2.57. The molecule has 0 spiro atoms. The van der Waals surface area contributed by atoms with Crippen LogP contribution in [0.25, 0.3) is 4.85 Å². The Kier molecular flexibility index (Phi) is 8.12. The Morgan fingerprint density at radius 2 is 1.79 bits per heavy atom. The summed E-state index contributed by atoms with van der Waals surface area (Å²) in [4.78, 5) is 20.2. The predicted molar refractivity (Wildman–Crippen MR) is 177 cm³/mol. The molecule has 1 amide bonds. The highest BCUT2D eigenvalue weighted by molar-refractivity contribution is 6.84. The molecule has 4 fully saturated rings. The monoisotopic (exact) mass is 593 g/mol. The highest BCUT2D eigenvalue weighted by Gasteiger charge is 2.51. The summed E-state index contributed by atoms with van der Waals surface area (Å²) in [7, 11) is -0.0419. The van der Waals surface area contributed by atoms with Gasteiger partial charge < -0.3 is 15.0 Å². The number of carbonyl (C=O) groups excluding carboxylic acids is 1. The number of carbonyl (C=O) groups is 1. The zero-order valence-corrected chi connectivity index (χ0v) is 27.6. The maximum absolute atomic E-state index is 14.0. The Bertz CT molecular complexity index is 1450. The summed E-state index contributed by atoms with van der Waals surface area (Å²) in [5.74, 6) is 6.32. The van der Waals surface area contributed by atoms with Crippen molar-refractivity contribution in [3.63, 3.8) is 0 Å². The van der Waals surface area contributed by atoms with Gasteiger partial charge >= 0.3 is 0 Å². The van der Waals surface area contributed by atoms with Crippen LogP contribution in [0.3, 0.4) is 0 Å². The van der Waals surface area contributed by atoms with Crippen molar-refractivity contribution in [1.29, 1.82) is 0 Å². The van der Waals surface area contributed by atoms with Crippen LogP contribution in [0, 0.1) is 35.8 Å². The number of nitrogens with zero attached hydrogens (tertiary/aromatic N) is 2. The first-order valence-corrected chi connectivity index (χ1v) is 19.9. The maximum atomic E-state index is 14.0. The van der Waals surface area contributed by atoms with Crippen molar-refractivity contribution in [2.45, 2.75) is 108 Å². The maximum Gasteiger partial charge on any atom is 0.298 e. The number of unbranched alkanes of at least 4 members (excludes halogenated alkanes) is 1. The predicted octanol–water partition coefficient (Wildman–Crippen LogP) is 8.54. The van der Waals surface area contributed by atoms with Crippen molar-refractivity contribution in [2.24, 2.45) is 17.8 Å². The number of amides is 1. The molecule has 6 heteroatoms. The van der Waals surface area contributed by atoms with Crippen molar-refractivity contribution >= 4 is 25.4 Å². The zero-order chi connectivity index (χ0) is 30.4. The second-order valence-corrected chi connectivity index (χ2v) is 19.6. The molecular formula is C37H47N3O2Si. The van der Waals surface area contributed by atoms with Crippen molar-refractivity contribution in [3.05, 3.63) is 64.5 Å². The molecule has 5 nitrogen and oxygen atoms in total. The molecule has 0 radical (unpaired) electrons. The van der Waals surface area contributed by atoms with Crippen LogP contribution >= 0.6 is 0 Å². The standard InChI is InChI=1S/C37H47N3O2Si/c1-7-8-9-30-19-29-20-31(42-3)11-12-32(29)36(40(30)35(41)14-15-43(4,5)6)28-10-13-33(34(21-28)38-2)39-37-22-25-16-26(23-37)18-27(17-25)24-37/h10-13,20-21,25-27,30,36,39H,7-9,16-19,22-24H2,1,3-6H3/t25?,26?,27?,30-,36+,37?/m0/s1. The van der Waals surface area contributed by atoms with Gasteiger partial charge in [-0.1, -0.05) is 51.5 Å². The van der Waals surface area contributed by atoms with Crippen LogP contribution in [0.1, 0.15) is 87.4 Å². The van der Waals surface area contributed by atoms with Crippen LogP contribution in [-0.2, 0) is 11.2 Å². The molecule has 2 aromatic rings. The number of anilines is 1. The molecule has 1 aliphatic heterocycles. The third-order valence-electron chi connectivity index (χ3n) is 10.3. The normalized spacial score (nSPS) is 28.8. The topological polar surface area (TPSA) is 45.9 Å². The lowest BCUT2D eigenvalue weighted by atomic mass is 9.53. The summed E-state index contributed by atoms with van der Waals surface area (Å²) in [6.07, 6.45) is 11.7. The van der Waals surface area contributed by atoms with E-state index in [-0.39, 0.29) is 23.5 Å². The van der Waals surface area contributed by atoms with Gasteiger partial charge in [-0.25, -0.2) is 4.85 Å². The number of benzene rings is 2. The molecule has 7 rings (SSSR count). The molecule has 5 aliphatic rings. The van der Waals surface area contributed by atoms with E-state index in [1.165, 1.54) is 44.1 Å². The molecule has 226 valence electrons. The second-order valence-electron chi connectivity index (χ2n) is 14.9. The van der Waals surface area contributed by atoms with E-state index in [4.69, 9.17) is 11.3 Å². The van der Waals surface area contributed by atoms with Gasteiger partial charge in [0.25, 0.3) is 5.91 Å². The lowest BCUT2D eigenvalue weighted by Crippen LogP contribution is -2.54. The van der Waals surface area contributed by atoms with E-state index in [0.29, 0.717) is 5.69 Å². The summed E-state index contributed by atoms with van der Waals surface area (Å²) in [5.41, 5.74) is 8.37. The smallest absolute Gasteiger partial charge is 0.298 e. The van der Waals surface area contributed by atoms with Gasteiger partial charge in [-0.2, -0.15) is 0 Å². The number of hydrogen-bond acceptors (Lipinski definition) is 3. The largest absolute Gasteiger partial charge is 0.497 e. The first-order valence-electron chi connectivity index (χ1n) is 16.4. The molecule has 43 heavy (non-hydrogen) atoms. The molecule has 0 aromatic heterocycles. The Morgan fingerprint density at radius 3 is 2.40 bits per heavy atom. The van der Waals surface area contributed by atoms with E-state index < -0.39 is 8.07 Å². The minimum Gasteiger partial charge on any atom is -0.497 e. The van der Waals surface area contributed by atoms with Gasteiger partial charge in [0.05, 0.1) is 19.7 Å². The van der Waals surface area contributed by atoms with Gasteiger partial charge in [0.2, 0.25) is 5.69 Å². The summed E-state index contributed by atoms with van der Waals surface area (Å²) in [6, 6.07) is 12.3. The van der Waals surface area contributed by atoms with Gasteiger partial charge in [-0.05, 0) is 116 Å². The Hall–Kier alpha value is -3.22. The molecule has 0 saturated heterocycles. The first kappa shape index (κ1) is 29.8. The van der Waals surface area contributed by atoms with Crippen molar-refractivity contribution in [3.8, 4) is 17.2 Å². The van der Waals surface area contributed by atoms with Crippen molar-refractivity contribution in [1.82, 2.24) is 4.90 Å². The zero-order valence-electron chi connectivity index (χ0n) is 26.6. The minimum absolute atomic E-state index is 0.0363. The second kappa shape index (κ2) is 11.7. The van der Waals surface area contributed by atoms with Crippen LogP contribution < -0.4 is 10.1 Å². The van der Waals surface area contributed by atoms with Gasteiger partial charge in [0.15, 0.2) is 0 Å². The Labute approximate surface area is 259 Å². The first-order chi connectivity index (χ1) is 20.6. The molecule has 2 atom stereocenters. The van der Waals surface area contributed by atoms with Crippen LogP contribution in [0.4, 0.5) is 11.4 Å². The third kappa shape index (κ3) is 6.09. The number of methoxy groups -OCH3 is 1. The average molecular weight is 594 g/mol. The van der Waals surface area contributed by atoms with Crippen LogP contribution in [0.2, 0.25) is 19.6 Å².